The van der Waals surface area contributed by atoms with E-state index >= 15 is 0 Å². The number of halogens is 3. The maximum absolute atomic E-state index is 13.6. The summed E-state index contributed by atoms with van der Waals surface area (Å²) in [5.74, 6) is -0.244. The van der Waals surface area contributed by atoms with Gasteiger partial charge < -0.3 is 10.6 Å². The molecule has 1 amide bonds. The number of hydrogen-bond acceptors (Lipinski definition) is 2. The molecule has 6 heteroatoms. The van der Waals surface area contributed by atoms with Gasteiger partial charge in [-0.2, -0.15) is 0 Å². The lowest BCUT2D eigenvalue weighted by atomic mass is 9.92. The number of nitrogens with one attached hydrogen (secondary N) is 2. The standard InChI is InChI=1S/C15H18ClFN2O.ClH/c16-12-2-1-3-13(17)10(12)9-19-14(20)11-8-15(11)4-6-18-7-5-15;/h1-3,11,18H,4-9H2,(H,19,20);1H. The molecule has 3 rings (SSSR count). The molecule has 1 spiro atoms. The quantitative estimate of drug-likeness (QED) is 0.893. The van der Waals surface area contributed by atoms with Crippen LogP contribution in [-0.2, 0) is 11.3 Å². The molecule has 2 N–H and O–H groups in total. The van der Waals surface area contributed by atoms with Crippen LogP contribution >= 0.6 is 24.0 Å². The van der Waals surface area contributed by atoms with Crippen LogP contribution < -0.4 is 10.6 Å². The van der Waals surface area contributed by atoms with Gasteiger partial charge in [0.2, 0.25) is 5.91 Å². The predicted octanol–water partition coefficient (Wildman–Crippen LogP) is 2.91. The lowest BCUT2D eigenvalue weighted by Gasteiger charge is -2.23. The van der Waals surface area contributed by atoms with Crippen molar-refractivity contribution in [3.63, 3.8) is 0 Å². The first-order valence-electron chi connectivity index (χ1n) is 7.04. The Kier molecular flexibility index (Phi) is 5.12. The van der Waals surface area contributed by atoms with E-state index in [1.807, 2.05) is 0 Å². The van der Waals surface area contributed by atoms with Crippen LogP contribution in [0.15, 0.2) is 18.2 Å². The molecule has 1 heterocycles. The normalized spacial score (nSPS) is 22.5. The molecule has 116 valence electrons. The molecule has 2 aliphatic rings. The largest absolute Gasteiger partial charge is 0.352 e. The molecule has 0 aromatic heterocycles. The fourth-order valence-electron chi connectivity index (χ4n) is 3.20. The summed E-state index contributed by atoms with van der Waals surface area (Å²) in [6.07, 6.45) is 3.09. The zero-order chi connectivity index (χ0) is 14.2. The molecule has 1 saturated heterocycles. The van der Waals surface area contributed by atoms with Crippen molar-refractivity contribution in [2.45, 2.75) is 25.8 Å². The molecule has 0 bridgehead atoms. The monoisotopic (exact) mass is 332 g/mol. The van der Waals surface area contributed by atoms with Crippen molar-refractivity contribution in [2.24, 2.45) is 11.3 Å². The van der Waals surface area contributed by atoms with Crippen molar-refractivity contribution >= 4 is 29.9 Å². The molecule has 1 aromatic rings. The van der Waals surface area contributed by atoms with Gasteiger partial charge in [-0.3, -0.25) is 4.79 Å². The summed E-state index contributed by atoms with van der Waals surface area (Å²) in [7, 11) is 0. The van der Waals surface area contributed by atoms with Crippen LogP contribution in [0.25, 0.3) is 0 Å². The SMILES string of the molecule is Cl.O=C(NCc1c(F)cccc1Cl)C1CC12CCNCC2. The molecular weight excluding hydrogens is 314 g/mol. The van der Waals surface area contributed by atoms with Gasteiger partial charge in [0.1, 0.15) is 5.82 Å². The zero-order valence-electron chi connectivity index (χ0n) is 11.6. The first kappa shape index (κ1) is 16.5. The molecule has 1 aliphatic carbocycles. The molecule has 2 fully saturated rings. The van der Waals surface area contributed by atoms with Crippen LogP contribution in [0.3, 0.4) is 0 Å². The zero-order valence-corrected chi connectivity index (χ0v) is 13.2. The molecule has 1 saturated carbocycles. The highest BCUT2D eigenvalue weighted by Crippen LogP contribution is 2.58. The minimum Gasteiger partial charge on any atom is -0.352 e. The number of rotatable bonds is 3. The summed E-state index contributed by atoms with van der Waals surface area (Å²) in [5, 5.41) is 6.50. The third kappa shape index (κ3) is 3.33. The van der Waals surface area contributed by atoms with E-state index in [9.17, 15) is 9.18 Å². The van der Waals surface area contributed by atoms with Gasteiger partial charge in [0.15, 0.2) is 0 Å². The number of piperidine rings is 1. The van der Waals surface area contributed by atoms with Gasteiger partial charge in [-0.15, -0.1) is 12.4 Å². The highest BCUT2D eigenvalue weighted by molar-refractivity contribution is 6.31. The molecule has 0 radical (unpaired) electrons. The number of carbonyl (C=O) groups is 1. The highest BCUT2D eigenvalue weighted by atomic mass is 35.5. The number of benzene rings is 1. The van der Waals surface area contributed by atoms with Crippen molar-refractivity contribution in [2.75, 3.05) is 13.1 Å². The van der Waals surface area contributed by atoms with Crippen molar-refractivity contribution in [1.29, 1.82) is 0 Å². The third-order valence-electron chi connectivity index (χ3n) is 4.61. The minimum atomic E-state index is -0.370. The molecule has 21 heavy (non-hydrogen) atoms. The third-order valence-corrected chi connectivity index (χ3v) is 4.96. The van der Waals surface area contributed by atoms with E-state index in [1.165, 1.54) is 6.07 Å². The molecular formula is C15H19Cl2FN2O. The van der Waals surface area contributed by atoms with Crippen LogP contribution in [-0.4, -0.2) is 19.0 Å². The van der Waals surface area contributed by atoms with E-state index in [0.717, 1.165) is 32.4 Å². The average molecular weight is 333 g/mol. The Morgan fingerprint density at radius 2 is 2.14 bits per heavy atom. The van der Waals surface area contributed by atoms with Crippen molar-refractivity contribution in [3.8, 4) is 0 Å². The number of carbonyl (C=O) groups excluding carboxylic acids is 1. The average Bonchev–Trinajstić information content (AvgIpc) is 3.12. The Balaban J connectivity index is 0.00000161. The van der Waals surface area contributed by atoms with Gasteiger partial charge >= 0.3 is 0 Å². The first-order chi connectivity index (χ1) is 9.62. The summed E-state index contributed by atoms with van der Waals surface area (Å²) < 4.78 is 13.6. The molecule has 3 nitrogen and oxygen atoms in total. The van der Waals surface area contributed by atoms with Gasteiger partial charge in [-0.1, -0.05) is 17.7 Å². The predicted molar refractivity (Wildman–Crippen MR) is 83.1 cm³/mol. The van der Waals surface area contributed by atoms with Gasteiger partial charge in [0.25, 0.3) is 0 Å². The Labute approximate surface area is 135 Å². The van der Waals surface area contributed by atoms with E-state index < -0.39 is 0 Å². The van der Waals surface area contributed by atoms with Crippen LogP contribution in [0.5, 0.6) is 0 Å². The van der Waals surface area contributed by atoms with E-state index in [-0.39, 0.29) is 42.0 Å². The Bertz CT molecular complexity index is 512. The Morgan fingerprint density at radius 1 is 1.43 bits per heavy atom. The van der Waals surface area contributed by atoms with Gasteiger partial charge in [0.05, 0.1) is 0 Å². The van der Waals surface area contributed by atoms with E-state index in [4.69, 9.17) is 11.6 Å². The summed E-state index contributed by atoms with van der Waals surface area (Å²) in [6.45, 7) is 2.14. The number of amides is 1. The Hall–Kier alpha value is -0.840. The Morgan fingerprint density at radius 3 is 2.81 bits per heavy atom. The highest BCUT2D eigenvalue weighted by Gasteiger charge is 2.57. The topological polar surface area (TPSA) is 41.1 Å². The van der Waals surface area contributed by atoms with Gasteiger partial charge in [-0.25, -0.2) is 4.39 Å². The van der Waals surface area contributed by atoms with Crippen LogP contribution in [0.4, 0.5) is 4.39 Å². The molecule has 1 atom stereocenters. The fourth-order valence-corrected chi connectivity index (χ4v) is 3.43. The van der Waals surface area contributed by atoms with Crippen molar-refractivity contribution < 1.29 is 9.18 Å². The molecule has 1 aromatic carbocycles. The lowest BCUT2D eigenvalue weighted by Crippen LogP contribution is -2.33. The summed E-state index contributed by atoms with van der Waals surface area (Å²) in [6, 6.07) is 4.56. The summed E-state index contributed by atoms with van der Waals surface area (Å²) >= 11 is 5.95. The maximum atomic E-state index is 13.6. The number of hydrogen-bond donors (Lipinski definition) is 2. The van der Waals surface area contributed by atoms with Gasteiger partial charge in [0, 0.05) is 23.0 Å². The molecule has 1 aliphatic heterocycles. The minimum absolute atomic E-state index is 0. The van der Waals surface area contributed by atoms with Crippen molar-refractivity contribution in [3.05, 3.63) is 34.6 Å². The maximum Gasteiger partial charge on any atom is 0.223 e. The first-order valence-corrected chi connectivity index (χ1v) is 7.41. The van der Waals surface area contributed by atoms with Crippen LogP contribution in [0, 0.1) is 17.2 Å². The second-order valence-corrected chi connectivity index (χ2v) is 6.19. The van der Waals surface area contributed by atoms with E-state index in [0.29, 0.717) is 10.6 Å². The summed E-state index contributed by atoms with van der Waals surface area (Å²) in [4.78, 5) is 12.2. The fraction of sp³-hybridized carbons (Fsp3) is 0.533. The van der Waals surface area contributed by atoms with Crippen LogP contribution in [0.2, 0.25) is 5.02 Å². The summed E-state index contributed by atoms with van der Waals surface area (Å²) in [5.41, 5.74) is 0.566. The van der Waals surface area contributed by atoms with E-state index in [1.54, 1.807) is 12.1 Å². The lowest BCUT2D eigenvalue weighted by molar-refractivity contribution is -0.123. The van der Waals surface area contributed by atoms with Crippen molar-refractivity contribution in [1.82, 2.24) is 10.6 Å². The second-order valence-electron chi connectivity index (χ2n) is 5.79. The smallest absolute Gasteiger partial charge is 0.223 e. The van der Waals surface area contributed by atoms with Crippen LogP contribution in [0.1, 0.15) is 24.8 Å². The second kappa shape index (κ2) is 6.51. The van der Waals surface area contributed by atoms with E-state index in [2.05, 4.69) is 10.6 Å². The molecule has 1 unspecified atom stereocenters. The van der Waals surface area contributed by atoms with Gasteiger partial charge in [-0.05, 0) is 49.9 Å².